The Morgan fingerprint density at radius 3 is 2.71 bits per heavy atom. The maximum Gasteiger partial charge on any atom is 0.281 e. The first kappa shape index (κ1) is 21.1. The molecule has 0 bridgehead atoms. The van der Waals surface area contributed by atoms with Crippen LogP contribution in [0, 0.1) is 12.8 Å². The van der Waals surface area contributed by atoms with Crippen LogP contribution >= 0.6 is 0 Å². The van der Waals surface area contributed by atoms with Crippen LogP contribution in [-0.4, -0.2) is 55.7 Å². The molecule has 1 fully saturated rings. The standard InChI is InChI=1S/C20H31N3O4S/c1-14-8-9-16-17(12-20(2,3)27-18(16)11-14)21-19(24)15-7-6-10-23(13-15)28(25,26)22(4)5/h8-9,11,15,17H,6-7,10,12-13H2,1-5H3,(H,21,24)/t15-,17-/m1/s1. The predicted octanol–water partition coefficient (Wildman–Crippen LogP) is 2.23. The molecule has 8 heteroatoms. The number of fused-ring (bicyclic) bond motifs is 1. The number of carbonyl (C=O) groups is 1. The summed E-state index contributed by atoms with van der Waals surface area (Å²) in [6.07, 6.45) is 2.04. The number of ether oxygens (including phenoxy) is 1. The SMILES string of the molecule is Cc1ccc2c(c1)OC(C)(C)C[C@H]2NC(=O)[C@@H]1CCCN(S(=O)(=O)N(C)C)C1. The molecule has 1 aromatic carbocycles. The van der Waals surface area contributed by atoms with Gasteiger partial charge in [0, 0.05) is 39.2 Å². The van der Waals surface area contributed by atoms with Crippen molar-refractivity contribution in [3.05, 3.63) is 29.3 Å². The van der Waals surface area contributed by atoms with Crippen molar-refractivity contribution in [1.29, 1.82) is 0 Å². The van der Waals surface area contributed by atoms with Crippen molar-refractivity contribution in [3.63, 3.8) is 0 Å². The van der Waals surface area contributed by atoms with E-state index in [1.165, 1.54) is 22.7 Å². The van der Waals surface area contributed by atoms with Crippen LogP contribution in [0.15, 0.2) is 18.2 Å². The highest BCUT2D eigenvalue weighted by Gasteiger charge is 2.38. The van der Waals surface area contributed by atoms with E-state index < -0.39 is 10.2 Å². The van der Waals surface area contributed by atoms with Gasteiger partial charge >= 0.3 is 0 Å². The summed E-state index contributed by atoms with van der Waals surface area (Å²) in [4.78, 5) is 13.0. The Morgan fingerprint density at radius 1 is 1.32 bits per heavy atom. The van der Waals surface area contributed by atoms with Gasteiger partial charge in [-0.1, -0.05) is 12.1 Å². The summed E-state index contributed by atoms with van der Waals surface area (Å²) < 4.78 is 33.6. The molecule has 0 spiro atoms. The van der Waals surface area contributed by atoms with E-state index in [1.807, 2.05) is 39.0 Å². The molecule has 0 unspecified atom stereocenters. The Balaban J connectivity index is 1.76. The highest BCUT2D eigenvalue weighted by Crippen LogP contribution is 2.40. The van der Waals surface area contributed by atoms with Crippen molar-refractivity contribution in [2.75, 3.05) is 27.2 Å². The second-order valence-corrected chi connectivity index (χ2v) is 10.8. The molecule has 2 heterocycles. The van der Waals surface area contributed by atoms with Crippen molar-refractivity contribution >= 4 is 16.1 Å². The lowest BCUT2D eigenvalue weighted by Crippen LogP contribution is -2.50. The van der Waals surface area contributed by atoms with Crippen molar-refractivity contribution < 1.29 is 17.9 Å². The molecule has 0 saturated carbocycles. The average molecular weight is 410 g/mol. The number of nitrogens with zero attached hydrogens (tertiary/aromatic N) is 2. The van der Waals surface area contributed by atoms with Crippen LogP contribution < -0.4 is 10.1 Å². The van der Waals surface area contributed by atoms with Gasteiger partial charge in [0.15, 0.2) is 0 Å². The number of nitrogens with one attached hydrogen (secondary N) is 1. The molecular weight excluding hydrogens is 378 g/mol. The van der Waals surface area contributed by atoms with Gasteiger partial charge in [-0.25, -0.2) is 0 Å². The smallest absolute Gasteiger partial charge is 0.281 e. The molecule has 0 aliphatic carbocycles. The second-order valence-electron chi connectivity index (χ2n) is 8.66. The van der Waals surface area contributed by atoms with E-state index in [9.17, 15) is 13.2 Å². The van der Waals surface area contributed by atoms with Crippen LogP contribution in [0.5, 0.6) is 5.75 Å². The summed E-state index contributed by atoms with van der Waals surface area (Å²) in [5, 5.41) is 3.17. The average Bonchev–Trinajstić information content (AvgIpc) is 2.60. The van der Waals surface area contributed by atoms with Gasteiger partial charge in [-0.05, 0) is 45.2 Å². The number of amides is 1. The molecule has 2 aliphatic heterocycles. The minimum Gasteiger partial charge on any atom is -0.487 e. The van der Waals surface area contributed by atoms with Gasteiger partial charge in [0.25, 0.3) is 10.2 Å². The molecule has 0 aromatic heterocycles. The normalized spacial score (nSPS) is 25.1. The Kier molecular flexibility index (Phi) is 5.76. The quantitative estimate of drug-likeness (QED) is 0.827. The van der Waals surface area contributed by atoms with E-state index in [-0.39, 0.29) is 30.0 Å². The summed E-state index contributed by atoms with van der Waals surface area (Å²) in [5.41, 5.74) is 1.70. The Bertz CT molecular complexity index is 851. The number of carbonyl (C=O) groups excluding carboxylic acids is 1. The summed E-state index contributed by atoms with van der Waals surface area (Å²) in [6.45, 7) is 6.73. The van der Waals surface area contributed by atoms with Crippen molar-refractivity contribution in [2.45, 2.75) is 51.7 Å². The minimum atomic E-state index is -3.50. The van der Waals surface area contributed by atoms with Crippen LogP contribution in [0.1, 0.15) is 50.3 Å². The van der Waals surface area contributed by atoms with Gasteiger partial charge in [0.05, 0.1) is 12.0 Å². The first-order valence-electron chi connectivity index (χ1n) is 9.77. The lowest BCUT2D eigenvalue weighted by atomic mass is 9.88. The topological polar surface area (TPSA) is 79.0 Å². The third-order valence-electron chi connectivity index (χ3n) is 5.49. The minimum absolute atomic E-state index is 0.0899. The number of aryl methyl sites for hydroxylation is 1. The molecular formula is C20H31N3O4S. The first-order valence-corrected chi connectivity index (χ1v) is 11.2. The van der Waals surface area contributed by atoms with Gasteiger partial charge in [-0.2, -0.15) is 17.0 Å². The first-order chi connectivity index (χ1) is 13.0. The zero-order valence-electron chi connectivity index (χ0n) is 17.4. The third kappa shape index (κ3) is 4.34. The van der Waals surface area contributed by atoms with Gasteiger partial charge in [0.1, 0.15) is 11.4 Å². The molecule has 1 N–H and O–H groups in total. The molecule has 2 aliphatic rings. The molecule has 0 radical (unpaired) electrons. The zero-order chi connectivity index (χ0) is 20.7. The lowest BCUT2D eigenvalue weighted by Gasteiger charge is -2.39. The van der Waals surface area contributed by atoms with Crippen molar-refractivity contribution in [1.82, 2.24) is 13.9 Å². The van der Waals surface area contributed by atoms with E-state index in [1.54, 1.807) is 0 Å². The van der Waals surface area contributed by atoms with E-state index in [0.717, 1.165) is 16.9 Å². The highest BCUT2D eigenvalue weighted by atomic mass is 32.2. The molecule has 28 heavy (non-hydrogen) atoms. The molecule has 7 nitrogen and oxygen atoms in total. The highest BCUT2D eigenvalue weighted by molar-refractivity contribution is 7.86. The lowest BCUT2D eigenvalue weighted by molar-refractivity contribution is -0.127. The summed E-state index contributed by atoms with van der Waals surface area (Å²) in [7, 11) is -0.473. The maximum atomic E-state index is 13.0. The molecule has 1 saturated heterocycles. The Hall–Kier alpha value is -1.64. The molecule has 1 aromatic rings. The molecule has 2 atom stereocenters. The summed E-state index contributed by atoms with van der Waals surface area (Å²) in [5.74, 6) is 0.373. The summed E-state index contributed by atoms with van der Waals surface area (Å²) >= 11 is 0. The number of hydrogen-bond donors (Lipinski definition) is 1. The van der Waals surface area contributed by atoms with Crippen LogP contribution in [0.4, 0.5) is 0 Å². The van der Waals surface area contributed by atoms with Crippen LogP contribution in [0.25, 0.3) is 0 Å². The molecule has 3 rings (SSSR count). The van der Waals surface area contributed by atoms with Crippen molar-refractivity contribution in [3.8, 4) is 5.75 Å². The maximum absolute atomic E-state index is 13.0. The fourth-order valence-electron chi connectivity index (χ4n) is 3.97. The van der Waals surface area contributed by atoms with Crippen LogP contribution in [0.2, 0.25) is 0 Å². The van der Waals surface area contributed by atoms with Crippen LogP contribution in [0.3, 0.4) is 0 Å². The van der Waals surface area contributed by atoms with E-state index in [4.69, 9.17) is 4.74 Å². The number of piperidine rings is 1. The summed E-state index contributed by atoms with van der Waals surface area (Å²) in [6, 6.07) is 5.88. The Morgan fingerprint density at radius 2 is 2.04 bits per heavy atom. The zero-order valence-corrected chi connectivity index (χ0v) is 18.2. The van der Waals surface area contributed by atoms with E-state index in [2.05, 4.69) is 5.32 Å². The fourth-order valence-corrected chi connectivity index (χ4v) is 5.16. The largest absolute Gasteiger partial charge is 0.487 e. The Labute approximate surface area is 168 Å². The van der Waals surface area contributed by atoms with Gasteiger partial charge in [-0.3, -0.25) is 4.79 Å². The van der Waals surface area contributed by atoms with Crippen LogP contribution in [-0.2, 0) is 15.0 Å². The number of hydrogen-bond acceptors (Lipinski definition) is 4. The van der Waals surface area contributed by atoms with E-state index in [0.29, 0.717) is 25.8 Å². The van der Waals surface area contributed by atoms with Gasteiger partial charge < -0.3 is 10.1 Å². The fraction of sp³-hybridized carbons (Fsp3) is 0.650. The number of rotatable bonds is 4. The predicted molar refractivity (Wildman–Crippen MR) is 108 cm³/mol. The molecule has 1 amide bonds. The monoisotopic (exact) mass is 409 g/mol. The number of benzene rings is 1. The molecule has 156 valence electrons. The third-order valence-corrected chi connectivity index (χ3v) is 7.39. The van der Waals surface area contributed by atoms with E-state index >= 15 is 0 Å². The second kappa shape index (κ2) is 7.65. The van der Waals surface area contributed by atoms with Gasteiger partial charge in [-0.15, -0.1) is 0 Å². The van der Waals surface area contributed by atoms with Gasteiger partial charge in [0.2, 0.25) is 5.91 Å². The van der Waals surface area contributed by atoms with Crippen molar-refractivity contribution in [2.24, 2.45) is 5.92 Å².